The van der Waals surface area contributed by atoms with E-state index in [1.54, 1.807) is 13.8 Å². The first kappa shape index (κ1) is 21.3. The largest absolute Gasteiger partial charge is 0.493 e. The lowest BCUT2D eigenvalue weighted by Gasteiger charge is -2.27. The molecular formula is C18H26F3NO3. The average Bonchev–Trinajstić information content (AvgIpc) is 2.55. The molecule has 1 aromatic rings. The first-order valence-electron chi connectivity index (χ1n) is 8.38. The molecule has 0 bridgehead atoms. The molecule has 1 aromatic carbocycles. The molecule has 0 fully saturated rings. The summed E-state index contributed by atoms with van der Waals surface area (Å²) in [4.78, 5) is 12.5. The van der Waals surface area contributed by atoms with Crippen LogP contribution in [0.25, 0.3) is 0 Å². The van der Waals surface area contributed by atoms with E-state index in [0.29, 0.717) is 6.42 Å². The van der Waals surface area contributed by atoms with Crippen LogP contribution in [-0.2, 0) is 15.7 Å². The second kappa shape index (κ2) is 9.08. The predicted molar refractivity (Wildman–Crippen MR) is 90.8 cm³/mol. The van der Waals surface area contributed by atoms with Crippen molar-refractivity contribution in [3.8, 4) is 5.75 Å². The molecule has 0 aromatic heterocycles. The number of hydrogen-bond donors (Lipinski definition) is 1. The van der Waals surface area contributed by atoms with Crippen LogP contribution in [0.2, 0.25) is 0 Å². The van der Waals surface area contributed by atoms with Crippen LogP contribution in [0.3, 0.4) is 0 Å². The van der Waals surface area contributed by atoms with Crippen LogP contribution in [0, 0.1) is 0 Å². The van der Waals surface area contributed by atoms with E-state index in [2.05, 4.69) is 5.32 Å². The fraction of sp³-hybridized carbons (Fsp3) is 0.611. The number of anilines is 1. The van der Waals surface area contributed by atoms with Gasteiger partial charge in [-0.15, -0.1) is 0 Å². The monoisotopic (exact) mass is 361 g/mol. The Morgan fingerprint density at radius 3 is 2.40 bits per heavy atom. The summed E-state index contributed by atoms with van der Waals surface area (Å²) >= 11 is 0. The summed E-state index contributed by atoms with van der Waals surface area (Å²) in [6.07, 6.45) is -1.34. The highest BCUT2D eigenvalue weighted by Crippen LogP contribution is 2.38. The van der Waals surface area contributed by atoms with Gasteiger partial charge in [0, 0.05) is 12.8 Å². The van der Waals surface area contributed by atoms with E-state index >= 15 is 0 Å². The zero-order valence-corrected chi connectivity index (χ0v) is 15.1. The molecule has 0 aliphatic rings. The van der Waals surface area contributed by atoms with Crippen molar-refractivity contribution in [1.82, 2.24) is 0 Å². The van der Waals surface area contributed by atoms with Gasteiger partial charge in [-0.3, -0.25) is 4.79 Å². The minimum atomic E-state index is -4.57. The summed E-state index contributed by atoms with van der Waals surface area (Å²) in [7, 11) is 1.42. The van der Waals surface area contributed by atoms with E-state index in [0.717, 1.165) is 25.3 Å². The number of methoxy groups -OCH3 is 1. The van der Waals surface area contributed by atoms with Crippen LogP contribution in [0.1, 0.15) is 52.0 Å². The van der Waals surface area contributed by atoms with Gasteiger partial charge >= 0.3 is 6.18 Å². The van der Waals surface area contributed by atoms with Gasteiger partial charge in [-0.25, -0.2) is 0 Å². The van der Waals surface area contributed by atoms with Gasteiger partial charge in [0.15, 0.2) is 0 Å². The topological polar surface area (TPSA) is 47.6 Å². The molecule has 1 amide bonds. The van der Waals surface area contributed by atoms with Crippen molar-refractivity contribution in [2.24, 2.45) is 0 Å². The van der Waals surface area contributed by atoms with E-state index in [1.165, 1.54) is 19.2 Å². The van der Waals surface area contributed by atoms with Gasteiger partial charge in [0.05, 0.1) is 12.2 Å². The maximum atomic E-state index is 13.2. The maximum Gasteiger partial charge on any atom is 0.420 e. The summed E-state index contributed by atoms with van der Waals surface area (Å²) in [5, 5.41) is 2.52. The van der Waals surface area contributed by atoms with Gasteiger partial charge in [-0.1, -0.05) is 26.2 Å². The third-order valence-corrected chi connectivity index (χ3v) is 4.03. The molecule has 25 heavy (non-hydrogen) atoms. The third-order valence-electron chi connectivity index (χ3n) is 4.03. The Hall–Kier alpha value is -1.76. The van der Waals surface area contributed by atoms with Crippen LogP contribution >= 0.6 is 0 Å². The number of carbonyl (C=O) groups is 1. The zero-order valence-electron chi connectivity index (χ0n) is 15.1. The van der Waals surface area contributed by atoms with E-state index in [1.807, 2.05) is 6.92 Å². The zero-order chi connectivity index (χ0) is 19.1. The van der Waals surface area contributed by atoms with Crippen molar-refractivity contribution in [3.63, 3.8) is 0 Å². The lowest BCUT2D eigenvalue weighted by Crippen LogP contribution is -2.42. The maximum absolute atomic E-state index is 13.2. The Kier molecular flexibility index (Phi) is 7.73. The standard InChI is InChI=1S/C18H26F3NO3/c1-5-7-8-11-17(3,24-4)16(23)22-13-9-10-15(25-6-2)14(12-13)18(19,20)21/h9-10,12H,5-8,11H2,1-4H3,(H,22,23). The molecule has 0 saturated heterocycles. The average molecular weight is 361 g/mol. The summed E-state index contributed by atoms with van der Waals surface area (Å²) in [5.41, 5.74) is -1.96. The smallest absolute Gasteiger partial charge is 0.420 e. The van der Waals surface area contributed by atoms with Crippen molar-refractivity contribution in [2.45, 2.75) is 58.2 Å². The molecular weight excluding hydrogens is 335 g/mol. The molecule has 7 heteroatoms. The SMILES string of the molecule is CCCCCC(C)(OC)C(=O)Nc1ccc(OCC)c(C(F)(F)F)c1. The van der Waals surface area contributed by atoms with Crippen molar-refractivity contribution in [3.05, 3.63) is 23.8 Å². The number of hydrogen-bond acceptors (Lipinski definition) is 3. The fourth-order valence-corrected chi connectivity index (χ4v) is 2.39. The Bertz CT molecular complexity index is 575. The second-order valence-electron chi connectivity index (χ2n) is 5.99. The first-order chi connectivity index (χ1) is 11.7. The van der Waals surface area contributed by atoms with Crippen molar-refractivity contribution < 1.29 is 27.4 Å². The number of halogens is 3. The predicted octanol–water partition coefficient (Wildman–Crippen LogP) is 5.03. The van der Waals surface area contributed by atoms with Crippen LogP contribution in [0.15, 0.2) is 18.2 Å². The lowest BCUT2D eigenvalue weighted by atomic mass is 9.96. The molecule has 4 nitrogen and oxygen atoms in total. The Labute approximate surface area is 146 Å². The molecule has 0 spiro atoms. The fourth-order valence-electron chi connectivity index (χ4n) is 2.39. The third kappa shape index (κ3) is 5.92. The van der Waals surface area contributed by atoms with Gasteiger partial charge in [-0.2, -0.15) is 13.2 Å². The molecule has 0 saturated carbocycles. The van der Waals surface area contributed by atoms with Crippen LogP contribution in [0.4, 0.5) is 18.9 Å². The Morgan fingerprint density at radius 1 is 1.20 bits per heavy atom. The Morgan fingerprint density at radius 2 is 1.88 bits per heavy atom. The first-order valence-corrected chi connectivity index (χ1v) is 8.38. The number of amides is 1. The number of unbranched alkanes of at least 4 members (excludes halogenated alkanes) is 2. The minimum Gasteiger partial charge on any atom is -0.493 e. The molecule has 142 valence electrons. The summed E-state index contributed by atoms with van der Waals surface area (Å²) in [5.74, 6) is -0.728. The van der Waals surface area contributed by atoms with Gasteiger partial charge in [-0.05, 0) is 38.5 Å². The van der Waals surface area contributed by atoms with Gasteiger partial charge < -0.3 is 14.8 Å². The normalized spacial score (nSPS) is 14.0. The van der Waals surface area contributed by atoms with E-state index < -0.39 is 23.2 Å². The molecule has 0 aliphatic carbocycles. The lowest BCUT2D eigenvalue weighted by molar-refractivity contribution is -0.139. The molecule has 1 rings (SSSR count). The molecule has 0 heterocycles. The van der Waals surface area contributed by atoms with Crippen LogP contribution < -0.4 is 10.1 Å². The number of rotatable bonds is 9. The van der Waals surface area contributed by atoms with E-state index in [-0.39, 0.29) is 18.0 Å². The molecule has 0 aliphatic heterocycles. The number of nitrogens with one attached hydrogen (secondary N) is 1. The molecule has 0 radical (unpaired) electrons. The van der Waals surface area contributed by atoms with Gasteiger partial charge in [0.2, 0.25) is 0 Å². The molecule has 1 N–H and O–H groups in total. The van der Waals surface area contributed by atoms with Crippen molar-refractivity contribution in [1.29, 1.82) is 0 Å². The number of carbonyl (C=O) groups excluding carboxylic acids is 1. The number of benzene rings is 1. The van der Waals surface area contributed by atoms with Crippen LogP contribution in [-0.4, -0.2) is 25.2 Å². The number of alkyl halides is 3. The molecule has 1 atom stereocenters. The van der Waals surface area contributed by atoms with E-state index in [9.17, 15) is 18.0 Å². The quantitative estimate of drug-likeness (QED) is 0.628. The minimum absolute atomic E-state index is 0.0551. The van der Waals surface area contributed by atoms with Gasteiger partial charge in [0.1, 0.15) is 11.4 Å². The highest BCUT2D eigenvalue weighted by molar-refractivity contribution is 5.97. The van der Waals surface area contributed by atoms with Gasteiger partial charge in [0.25, 0.3) is 5.91 Å². The van der Waals surface area contributed by atoms with E-state index in [4.69, 9.17) is 9.47 Å². The number of ether oxygens (including phenoxy) is 2. The highest BCUT2D eigenvalue weighted by atomic mass is 19.4. The summed E-state index contributed by atoms with van der Waals surface area (Å²) < 4.78 is 49.9. The summed E-state index contributed by atoms with van der Waals surface area (Å²) in [6.45, 7) is 5.41. The van der Waals surface area contributed by atoms with Crippen LogP contribution in [0.5, 0.6) is 5.75 Å². The summed E-state index contributed by atoms with van der Waals surface area (Å²) in [6, 6.07) is 3.48. The molecule has 1 unspecified atom stereocenters. The Balaban J connectivity index is 2.99. The second-order valence-corrected chi connectivity index (χ2v) is 5.99. The highest BCUT2D eigenvalue weighted by Gasteiger charge is 2.36. The van der Waals surface area contributed by atoms with Crippen molar-refractivity contribution in [2.75, 3.05) is 19.0 Å². The van der Waals surface area contributed by atoms with Crippen molar-refractivity contribution >= 4 is 11.6 Å².